The van der Waals surface area contributed by atoms with Crippen molar-refractivity contribution in [2.45, 2.75) is 18.5 Å². The van der Waals surface area contributed by atoms with E-state index in [1.165, 1.54) is 46.6 Å². The van der Waals surface area contributed by atoms with E-state index < -0.39 is 35.5 Å². The van der Waals surface area contributed by atoms with Crippen molar-refractivity contribution in [3.8, 4) is 11.1 Å². The monoisotopic (exact) mass is 615 g/mol. The Morgan fingerprint density at radius 1 is 1.17 bits per heavy atom. The van der Waals surface area contributed by atoms with Gasteiger partial charge >= 0.3 is 5.97 Å². The number of ether oxygens (including phenoxy) is 1. The van der Waals surface area contributed by atoms with Gasteiger partial charge < -0.3 is 20.5 Å². The lowest BCUT2D eigenvalue weighted by atomic mass is 10.0. The highest BCUT2D eigenvalue weighted by molar-refractivity contribution is 8.26. The zero-order chi connectivity index (χ0) is 29.1. The molecule has 0 radical (unpaired) electrons. The first-order chi connectivity index (χ1) is 19.7. The molecule has 3 aromatic rings. The minimum absolute atomic E-state index is 0.0754. The smallest absolute Gasteiger partial charge is 0.335 e. The quantitative estimate of drug-likeness (QED) is 0.241. The van der Waals surface area contributed by atoms with E-state index in [9.17, 15) is 23.2 Å². The molecule has 2 aliphatic rings. The number of morpholine rings is 1. The molecule has 2 saturated heterocycles. The zero-order valence-corrected chi connectivity index (χ0v) is 23.7. The van der Waals surface area contributed by atoms with Crippen molar-refractivity contribution in [1.29, 1.82) is 0 Å². The Morgan fingerprint density at radius 2 is 1.95 bits per heavy atom. The van der Waals surface area contributed by atoms with E-state index in [0.717, 1.165) is 23.9 Å². The van der Waals surface area contributed by atoms with Crippen LogP contribution in [-0.4, -0.2) is 64.0 Å². The van der Waals surface area contributed by atoms with Crippen molar-refractivity contribution in [2.24, 2.45) is 0 Å². The molecule has 212 valence electrons. The molecule has 8 nitrogen and oxygen atoms in total. The highest BCUT2D eigenvalue weighted by Crippen LogP contribution is 2.37. The summed E-state index contributed by atoms with van der Waals surface area (Å²) in [4.78, 5) is 40.6. The lowest BCUT2D eigenvalue weighted by molar-refractivity contribution is -0.130. The van der Waals surface area contributed by atoms with E-state index in [2.05, 4.69) is 10.6 Å². The Balaban J connectivity index is 1.37. The van der Waals surface area contributed by atoms with E-state index in [0.29, 0.717) is 46.4 Å². The van der Waals surface area contributed by atoms with Crippen LogP contribution in [-0.2, 0) is 14.3 Å². The number of anilines is 1. The number of thiocarbonyl (C=S) groups is 1. The molecule has 3 N–H and O–H groups in total. The molecule has 0 aliphatic carbocycles. The number of nitrogens with one attached hydrogen (secondary N) is 2. The fraction of sp³-hybridized carbons (Fsp3) is 0.214. The second-order valence-electron chi connectivity index (χ2n) is 9.27. The van der Waals surface area contributed by atoms with Gasteiger partial charge in [-0.15, -0.1) is 11.3 Å². The number of hydrogen-bond donors (Lipinski definition) is 3. The molecule has 2 atom stereocenters. The van der Waals surface area contributed by atoms with Crippen molar-refractivity contribution in [1.82, 2.24) is 10.2 Å². The molecule has 5 rings (SSSR count). The number of carboxylic acid groups (broad SMARTS) is 1. The minimum atomic E-state index is -1.09. The van der Waals surface area contributed by atoms with Gasteiger partial charge in [0.25, 0.3) is 5.91 Å². The maximum Gasteiger partial charge on any atom is 0.335 e. The second-order valence-corrected chi connectivity index (χ2v) is 11.9. The summed E-state index contributed by atoms with van der Waals surface area (Å²) in [6, 6.07) is 9.96. The van der Waals surface area contributed by atoms with Crippen LogP contribution in [0.5, 0.6) is 0 Å². The van der Waals surface area contributed by atoms with Crippen LogP contribution >= 0.6 is 35.3 Å². The van der Waals surface area contributed by atoms with Crippen LogP contribution < -0.4 is 10.6 Å². The van der Waals surface area contributed by atoms with Crippen LogP contribution in [0.3, 0.4) is 0 Å². The van der Waals surface area contributed by atoms with Crippen LogP contribution in [0.1, 0.15) is 21.7 Å². The molecule has 0 saturated carbocycles. The van der Waals surface area contributed by atoms with Crippen LogP contribution in [0.4, 0.5) is 14.5 Å². The summed E-state index contributed by atoms with van der Waals surface area (Å²) in [6.07, 6.45) is 1.90. The van der Waals surface area contributed by atoms with E-state index in [-0.39, 0.29) is 22.3 Å². The first kappa shape index (κ1) is 29.0. The lowest BCUT2D eigenvalue weighted by Crippen LogP contribution is -2.52. The SMILES string of the molecule is O=C(O)c1ccc(NC(=O)[C@H](CC2COCCN2)N2C(=O)/C(=C/c3cc(-c4ccc(F)c(F)c4)cs3)SC2=S)cc1. The topological polar surface area (TPSA) is 108 Å². The third kappa shape index (κ3) is 6.71. The van der Waals surface area contributed by atoms with Crippen LogP contribution in [0.25, 0.3) is 17.2 Å². The van der Waals surface area contributed by atoms with E-state index >= 15 is 0 Å². The fourth-order valence-corrected chi connectivity index (χ4v) is 6.70. The number of nitrogens with zero attached hydrogens (tertiary/aromatic N) is 1. The Morgan fingerprint density at radius 3 is 2.63 bits per heavy atom. The molecule has 0 spiro atoms. The molecule has 2 aliphatic heterocycles. The third-order valence-electron chi connectivity index (χ3n) is 6.49. The van der Waals surface area contributed by atoms with Crippen molar-refractivity contribution >= 4 is 69.2 Å². The first-order valence-corrected chi connectivity index (χ1v) is 14.6. The Kier molecular flexibility index (Phi) is 8.90. The highest BCUT2D eigenvalue weighted by atomic mass is 32.2. The number of carboxylic acids is 1. The third-order valence-corrected chi connectivity index (χ3v) is 8.70. The van der Waals surface area contributed by atoms with Gasteiger partial charge in [-0.1, -0.05) is 30.0 Å². The molecule has 2 amide bonds. The van der Waals surface area contributed by atoms with Gasteiger partial charge in [0.2, 0.25) is 5.91 Å². The number of aromatic carboxylic acids is 1. The van der Waals surface area contributed by atoms with Gasteiger partial charge in [-0.3, -0.25) is 14.5 Å². The number of carbonyl (C=O) groups is 3. The number of amides is 2. The molecule has 0 bridgehead atoms. The van der Waals surface area contributed by atoms with Crippen molar-refractivity contribution in [3.05, 3.63) is 80.9 Å². The summed E-state index contributed by atoms with van der Waals surface area (Å²) in [7, 11) is 0. The number of rotatable bonds is 8. The predicted molar refractivity (Wildman–Crippen MR) is 158 cm³/mol. The number of carbonyl (C=O) groups excluding carboxylic acids is 2. The summed E-state index contributed by atoms with van der Waals surface area (Å²) in [5.74, 6) is -3.87. The predicted octanol–water partition coefficient (Wildman–Crippen LogP) is 4.98. The molecule has 2 aromatic carbocycles. The van der Waals surface area contributed by atoms with Crippen LogP contribution in [0, 0.1) is 11.6 Å². The lowest BCUT2D eigenvalue weighted by Gasteiger charge is -2.31. The summed E-state index contributed by atoms with van der Waals surface area (Å²) < 4.78 is 32.8. The molecule has 1 aromatic heterocycles. The fourth-order valence-electron chi connectivity index (χ4n) is 4.43. The van der Waals surface area contributed by atoms with Gasteiger partial charge in [0.1, 0.15) is 10.4 Å². The maximum absolute atomic E-state index is 13.7. The molecule has 2 fully saturated rings. The number of halogens is 2. The van der Waals surface area contributed by atoms with E-state index in [4.69, 9.17) is 22.1 Å². The van der Waals surface area contributed by atoms with E-state index in [1.54, 1.807) is 17.5 Å². The Bertz CT molecular complexity index is 1540. The maximum atomic E-state index is 13.7. The van der Waals surface area contributed by atoms with Crippen LogP contribution in [0.2, 0.25) is 0 Å². The normalized spacial score (nSPS) is 19.0. The van der Waals surface area contributed by atoms with Gasteiger partial charge in [-0.25, -0.2) is 13.6 Å². The summed E-state index contributed by atoms with van der Waals surface area (Å²) in [5.41, 5.74) is 1.63. The Hall–Kier alpha value is -3.49. The van der Waals surface area contributed by atoms with E-state index in [1.807, 2.05) is 0 Å². The standard InChI is InChI=1S/C28H23F2N3O5S3/c29-21-6-3-16(10-22(21)30)17-9-20(40-14-17)12-24-26(35)33(28(39)41-24)23(11-19-13-38-8-7-31-19)25(34)32-18-4-1-15(2-5-18)27(36)37/h1-6,9-10,12,14,19,23,31H,7-8,11,13H2,(H,32,34)(H,36,37)/b24-12-/t19?,23-/m0/s1. The Labute approximate surface area is 247 Å². The molecule has 3 heterocycles. The van der Waals surface area contributed by atoms with Gasteiger partial charge in [-0.05, 0) is 71.5 Å². The molecule has 13 heteroatoms. The molecular formula is C28H23F2N3O5S3. The van der Waals surface area contributed by atoms with Crippen molar-refractivity contribution in [3.63, 3.8) is 0 Å². The number of benzene rings is 2. The summed E-state index contributed by atoms with van der Waals surface area (Å²) >= 11 is 7.95. The minimum Gasteiger partial charge on any atom is -0.478 e. The van der Waals surface area contributed by atoms with Crippen molar-refractivity contribution in [2.75, 3.05) is 25.1 Å². The van der Waals surface area contributed by atoms with Crippen LogP contribution in [0.15, 0.2) is 58.8 Å². The number of hydrogen-bond acceptors (Lipinski definition) is 8. The van der Waals surface area contributed by atoms with Gasteiger partial charge in [-0.2, -0.15) is 0 Å². The van der Waals surface area contributed by atoms with Gasteiger partial charge in [0.05, 0.1) is 23.7 Å². The van der Waals surface area contributed by atoms with Gasteiger partial charge in [0, 0.05) is 23.2 Å². The number of thioether (sulfide) groups is 1. The summed E-state index contributed by atoms with van der Waals surface area (Å²) in [5, 5.41) is 17.0. The highest BCUT2D eigenvalue weighted by Gasteiger charge is 2.41. The molecule has 41 heavy (non-hydrogen) atoms. The molecular weight excluding hydrogens is 593 g/mol. The van der Waals surface area contributed by atoms with Gasteiger partial charge in [0.15, 0.2) is 11.6 Å². The summed E-state index contributed by atoms with van der Waals surface area (Å²) in [6.45, 7) is 1.51. The first-order valence-electron chi connectivity index (χ1n) is 12.5. The largest absolute Gasteiger partial charge is 0.478 e. The zero-order valence-electron chi connectivity index (χ0n) is 21.3. The second kappa shape index (κ2) is 12.6. The van der Waals surface area contributed by atoms with Crippen molar-refractivity contribution < 1.29 is 33.0 Å². The molecule has 1 unspecified atom stereocenters. The number of thiophene rings is 1. The average Bonchev–Trinajstić information content (AvgIpc) is 3.53. The average molecular weight is 616 g/mol.